The van der Waals surface area contributed by atoms with E-state index in [-0.39, 0.29) is 5.41 Å². The molecule has 0 saturated heterocycles. The molecular formula is C25H25N5O. The lowest BCUT2D eigenvalue weighted by atomic mass is 9.95. The average Bonchev–Trinajstić information content (AvgIpc) is 3.37. The third-order valence-corrected chi connectivity index (χ3v) is 6.03. The first-order chi connectivity index (χ1) is 15.1. The van der Waals surface area contributed by atoms with Gasteiger partial charge in [0.2, 0.25) is 0 Å². The van der Waals surface area contributed by atoms with Crippen LogP contribution in [0.25, 0.3) is 0 Å². The van der Waals surface area contributed by atoms with Gasteiger partial charge in [0.25, 0.3) is 0 Å². The van der Waals surface area contributed by atoms with Crippen LogP contribution in [0, 0.1) is 11.8 Å². The first kappa shape index (κ1) is 19.4. The lowest BCUT2D eigenvalue weighted by Gasteiger charge is -2.32. The van der Waals surface area contributed by atoms with Gasteiger partial charge in [-0.05, 0) is 65.5 Å². The maximum Gasteiger partial charge on any atom is 0.192 e. The van der Waals surface area contributed by atoms with Gasteiger partial charge in [-0.25, -0.2) is 9.98 Å². The zero-order valence-corrected chi connectivity index (χ0v) is 17.7. The minimum Gasteiger partial charge on any atom is -0.383 e. The minimum atomic E-state index is -0.457. The van der Waals surface area contributed by atoms with Crippen LogP contribution in [0.5, 0.6) is 0 Å². The third kappa shape index (κ3) is 3.58. The molecule has 31 heavy (non-hydrogen) atoms. The Morgan fingerprint density at radius 3 is 2.71 bits per heavy atom. The van der Waals surface area contributed by atoms with Crippen molar-refractivity contribution in [3.8, 4) is 11.8 Å². The minimum absolute atomic E-state index is 0.171. The number of aliphatic imine (C=N–C) groups is 1. The Morgan fingerprint density at radius 1 is 1.23 bits per heavy atom. The van der Waals surface area contributed by atoms with Crippen molar-refractivity contribution in [2.75, 3.05) is 12.0 Å². The number of methoxy groups -OCH3 is 1. The second-order valence-corrected chi connectivity index (χ2v) is 8.33. The summed E-state index contributed by atoms with van der Waals surface area (Å²) in [5.41, 5.74) is 11.7. The number of aromatic nitrogens is 2. The Hall–Kier alpha value is -3.56. The van der Waals surface area contributed by atoms with Gasteiger partial charge in [-0.3, -0.25) is 4.90 Å². The van der Waals surface area contributed by atoms with Gasteiger partial charge in [0.15, 0.2) is 6.17 Å². The third-order valence-electron chi connectivity index (χ3n) is 6.03. The molecule has 0 radical (unpaired) electrons. The number of pyridine rings is 1. The Morgan fingerprint density at radius 2 is 2.03 bits per heavy atom. The van der Waals surface area contributed by atoms with Gasteiger partial charge in [0.1, 0.15) is 17.3 Å². The summed E-state index contributed by atoms with van der Waals surface area (Å²) in [6.07, 6.45) is 5.70. The molecule has 3 heterocycles. The molecule has 3 aromatic rings. The van der Waals surface area contributed by atoms with Gasteiger partial charge in [-0.1, -0.05) is 25.1 Å². The molecule has 1 saturated carbocycles. The number of benzene rings is 1. The molecule has 0 bridgehead atoms. The van der Waals surface area contributed by atoms with Gasteiger partial charge in [0, 0.05) is 25.2 Å². The van der Waals surface area contributed by atoms with Gasteiger partial charge in [0.05, 0.1) is 12.2 Å². The molecule has 1 fully saturated rings. The van der Waals surface area contributed by atoms with E-state index >= 15 is 0 Å². The smallest absolute Gasteiger partial charge is 0.192 e. The van der Waals surface area contributed by atoms with Gasteiger partial charge in [-0.15, -0.1) is 0 Å². The maximum absolute atomic E-state index is 6.48. The molecule has 0 spiro atoms. The van der Waals surface area contributed by atoms with Gasteiger partial charge >= 0.3 is 0 Å². The molecule has 5 rings (SSSR count). The highest BCUT2D eigenvalue weighted by Gasteiger charge is 2.44. The van der Waals surface area contributed by atoms with Crippen LogP contribution in [0.4, 0.5) is 11.5 Å². The molecule has 1 atom stereocenters. The molecular weight excluding hydrogens is 386 g/mol. The first-order valence-electron chi connectivity index (χ1n) is 10.4. The molecule has 3 N–H and O–H groups in total. The summed E-state index contributed by atoms with van der Waals surface area (Å²) in [4.78, 5) is 14.7. The highest BCUT2D eigenvalue weighted by Crippen LogP contribution is 2.51. The fourth-order valence-electron chi connectivity index (χ4n) is 4.03. The van der Waals surface area contributed by atoms with E-state index in [1.54, 1.807) is 13.3 Å². The average molecular weight is 412 g/mol. The van der Waals surface area contributed by atoms with E-state index in [4.69, 9.17) is 15.5 Å². The summed E-state index contributed by atoms with van der Waals surface area (Å²) < 4.78 is 5.25. The predicted molar refractivity (Wildman–Crippen MR) is 122 cm³/mol. The molecule has 1 unspecified atom stereocenters. The van der Waals surface area contributed by atoms with Crippen LogP contribution in [0.1, 0.15) is 42.1 Å². The number of rotatable bonds is 4. The van der Waals surface area contributed by atoms with Crippen molar-refractivity contribution in [1.29, 1.82) is 0 Å². The van der Waals surface area contributed by atoms with Crippen LogP contribution < -0.4 is 10.6 Å². The Balaban J connectivity index is 1.60. The van der Waals surface area contributed by atoms with Crippen molar-refractivity contribution in [3.63, 3.8) is 0 Å². The van der Waals surface area contributed by atoms with Gasteiger partial charge < -0.3 is 15.5 Å². The molecule has 2 aromatic heterocycles. The van der Waals surface area contributed by atoms with E-state index in [0.717, 1.165) is 22.6 Å². The number of nitrogens with zero attached hydrogens (tertiary/aromatic N) is 3. The van der Waals surface area contributed by atoms with Crippen molar-refractivity contribution in [2.24, 2.45) is 10.7 Å². The number of nitrogens with one attached hydrogen (secondary N) is 1. The fourth-order valence-corrected chi connectivity index (χ4v) is 4.03. The number of H-pyrrole nitrogens is 1. The lowest BCUT2D eigenvalue weighted by Crippen LogP contribution is -2.37. The largest absolute Gasteiger partial charge is 0.383 e. The molecule has 6 heteroatoms. The summed E-state index contributed by atoms with van der Waals surface area (Å²) in [6, 6.07) is 14.0. The first-order valence-corrected chi connectivity index (χ1v) is 10.4. The number of hydrogen-bond donors (Lipinski definition) is 2. The monoisotopic (exact) mass is 411 g/mol. The van der Waals surface area contributed by atoms with E-state index in [0.29, 0.717) is 18.1 Å². The molecule has 2 aliphatic rings. The number of fused-ring (bicyclic) bond motifs is 1. The summed E-state index contributed by atoms with van der Waals surface area (Å²) in [5, 5.41) is 0. The van der Waals surface area contributed by atoms with Crippen LogP contribution in [0.2, 0.25) is 0 Å². The fraction of sp³-hybridized carbons (Fsp3) is 0.280. The van der Waals surface area contributed by atoms with E-state index in [2.05, 4.69) is 64.1 Å². The second-order valence-electron chi connectivity index (χ2n) is 8.33. The molecule has 156 valence electrons. The van der Waals surface area contributed by atoms with Crippen molar-refractivity contribution >= 4 is 17.3 Å². The number of aromatic amines is 1. The number of ether oxygens (including phenoxy) is 1. The van der Waals surface area contributed by atoms with E-state index in [9.17, 15) is 0 Å². The van der Waals surface area contributed by atoms with Crippen LogP contribution >= 0.6 is 0 Å². The van der Waals surface area contributed by atoms with Gasteiger partial charge in [-0.2, -0.15) is 0 Å². The second kappa shape index (κ2) is 7.60. The van der Waals surface area contributed by atoms with E-state index in [1.165, 1.54) is 18.4 Å². The Kier molecular flexibility index (Phi) is 4.76. The number of hydrogen-bond acceptors (Lipinski definition) is 5. The van der Waals surface area contributed by atoms with Crippen LogP contribution in [0.3, 0.4) is 0 Å². The zero-order valence-electron chi connectivity index (χ0n) is 17.7. The number of anilines is 2. The van der Waals surface area contributed by atoms with Crippen LogP contribution in [0.15, 0.2) is 59.9 Å². The maximum atomic E-state index is 6.48. The van der Waals surface area contributed by atoms with Crippen LogP contribution in [-0.2, 0) is 16.8 Å². The zero-order chi connectivity index (χ0) is 21.4. The summed E-state index contributed by atoms with van der Waals surface area (Å²) in [7, 11) is 1.70. The standard InChI is InChI=1S/C25H25N5O/c1-25(12-13-25)20-15-28-24-22(20)23(26)29-21(11-8-18-5-3-4-14-27-18)30(24)19-9-6-17(7-10-19)16-31-2/h3-7,9-10,14-15,21,28H,12-13,16H2,1-2H3,(H2,26,29). The lowest BCUT2D eigenvalue weighted by molar-refractivity contribution is 0.185. The normalized spacial score (nSPS) is 18.6. The Labute approximate surface area is 182 Å². The van der Waals surface area contributed by atoms with Crippen molar-refractivity contribution in [2.45, 2.75) is 38.0 Å². The molecule has 1 aliphatic heterocycles. The topological polar surface area (TPSA) is 79.5 Å². The number of nitrogens with two attached hydrogens (primary N) is 1. The molecule has 1 aromatic carbocycles. The van der Waals surface area contributed by atoms with Crippen molar-refractivity contribution in [1.82, 2.24) is 9.97 Å². The summed E-state index contributed by atoms with van der Waals surface area (Å²) in [5.74, 6) is 7.88. The Bertz CT molecular complexity index is 1180. The summed E-state index contributed by atoms with van der Waals surface area (Å²) >= 11 is 0. The molecule has 6 nitrogen and oxygen atoms in total. The van der Waals surface area contributed by atoms with Crippen molar-refractivity contribution in [3.05, 3.63) is 77.2 Å². The highest BCUT2D eigenvalue weighted by atomic mass is 16.5. The molecule has 0 amide bonds. The van der Waals surface area contributed by atoms with E-state index < -0.39 is 6.17 Å². The predicted octanol–water partition coefficient (Wildman–Crippen LogP) is 3.84. The van der Waals surface area contributed by atoms with Crippen molar-refractivity contribution < 1.29 is 4.74 Å². The summed E-state index contributed by atoms with van der Waals surface area (Å²) in [6.45, 7) is 2.85. The SMILES string of the molecule is COCc1ccc(N2c3[nH]cc(C4(C)CC4)c3C(N)=NC2C#Cc2ccccn2)cc1. The quantitative estimate of drug-likeness (QED) is 0.639. The molecule has 1 aliphatic carbocycles. The highest BCUT2D eigenvalue weighted by molar-refractivity contribution is 6.06. The number of amidine groups is 1. The van der Waals surface area contributed by atoms with Crippen LogP contribution in [-0.4, -0.2) is 29.1 Å². The van der Waals surface area contributed by atoms with E-state index in [1.807, 2.05) is 18.2 Å².